The number of anilines is 1. The van der Waals surface area contributed by atoms with Gasteiger partial charge < -0.3 is 15.8 Å². The van der Waals surface area contributed by atoms with Gasteiger partial charge in [-0.05, 0) is 23.6 Å². The summed E-state index contributed by atoms with van der Waals surface area (Å²) < 4.78 is 5.35. The Kier molecular flexibility index (Phi) is 6.36. The van der Waals surface area contributed by atoms with Gasteiger partial charge >= 0.3 is 0 Å². The first-order valence-electron chi connectivity index (χ1n) is 8.05. The van der Waals surface area contributed by atoms with Gasteiger partial charge in [0.25, 0.3) is 0 Å². The van der Waals surface area contributed by atoms with E-state index in [4.69, 9.17) is 10.5 Å². The number of amides is 1. The van der Waals surface area contributed by atoms with Crippen molar-refractivity contribution in [2.75, 3.05) is 31.6 Å². The standard InChI is InChI=1S/C17H27N3O2/c1-3-13(2)16(18)17(21)19-15-6-4-14(5-7-15)12-20-8-10-22-11-9-20/h4-7,13,16H,3,8-12,18H2,1-2H3,(H,19,21). The topological polar surface area (TPSA) is 67.6 Å². The number of nitrogens with two attached hydrogens (primary N) is 1. The maximum absolute atomic E-state index is 12.1. The first-order chi connectivity index (χ1) is 10.6. The number of nitrogens with zero attached hydrogens (tertiary/aromatic N) is 1. The molecule has 5 heteroatoms. The summed E-state index contributed by atoms with van der Waals surface area (Å²) >= 11 is 0. The summed E-state index contributed by atoms with van der Waals surface area (Å²) in [5.74, 6) is 0.0656. The van der Waals surface area contributed by atoms with Gasteiger partial charge in [-0.1, -0.05) is 32.4 Å². The van der Waals surface area contributed by atoms with Gasteiger partial charge in [0.15, 0.2) is 0 Å². The Labute approximate surface area is 132 Å². The molecular formula is C17H27N3O2. The van der Waals surface area contributed by atoms with Crippen LogP contribution >= 0.6 is 0 Å². The van der Waals surface area contributed by atoms with E-state index in [0.29, 0.717) is 0 Å². The molecule has 2 rings (SSSR count). The number of morpholine rings is 1. The second-order valence-corrected chi connectivity index (χ2v) is 5.99. The summed E-state index contributed by atoms with van der Waals surface area (Å²) in [7, 11) is 0. The summed E-state index contributed by atoms with van der Waals surface area (Å²) in [4.78, 5) is 14.4. The van der Waals surface area contributed by atoms with Gasteiger partial charge in [-0.3, -0.25) is 9.69 Å². The van der Waals surface area contributed by atoms with Crippen molar-refractivity contribution < 1.29 is 9.53 Å². The predicted molar refractivity (Wildman–Crippen MR) is 88.6 cm³/mol. The number of nitrogens with one attached hydrogen (secondary N) is 1. The van der Waals surface area contributed by atoms with Crippen LogP contribution in [0.2, 0.25) is 0 Å². The van der Waals surface area contributed by atoms with E-state index in [9.17, 15) is 4.79 Å². The van der Waals surface area contributed by atoms with E-state index < -0.39 is 6.04 Å². The second kappa shape index (κ2) is 8.27. The fraction of sp³-hybridized carbons (Fsp3) is 0.588. The molecule has 0 aromatic heterocycles. The molecule has 122 valence electrons. The minimum absolute atomic E-state index is 0.115. The number of hydrogen-bond acceptors (Lipinski definition) is 4. The number of carbonyl (C=O) groups excluding carboxylic acids is 1. The van der Waals surface area contributed by atoms with Crippen LogP contribution in [0.5, 0.6) is 0 Å². The Morgan fingerprint density at radius 3 is 2.55 bits per heavy atom. The molecule has 0 bridgehead atoms. The number of ether oxygens (including phenoxy) is 1. The maximum Gasteiger partial charge on any atom is 0.241 e. The van der Waals surface area contributed by atoms with Gasteiger partial charge in [0.2, 0.25) is 5.91 Å². The fourth-order valence-corrected chi connectivity index (χ4v) is 2.45. The first kappa shape index (κ1) is 16.9. The smallest absolute Gasteiger partial charge is 0.241 e. The SMILES string of the molecule is CCC(C)C(N)C(=O)Nc1ccc(CN2CCOCC2)cc1. The number of hydrogen-bond donors (Lipinski definition) is 2. The van der Waals surface area contributed by atoms with Gasteiger partial charge in [-0.2, -0.15) is 0 Å². The van der Waals surface area contributed by atoms with Crippen LogP contribution in [0.15, 0.2) is 24.3 Å². The highest BCUT2D eigenvalue weighted by Crippen LogP contribution is 2.14. The van der Waals surface area contributed by atoms with Crippen LogP contribution in [0.4, 0.5) is 5.69 Å². The van der Waals surface area contributed by atoms with Crippen molar-refractivity contribution in [3.63, 3.8) is 0 Å². The van der Waals surface area contributed by atoms with E-state index in [0.717, 1.165) is 45.0 Å². The predicted octanol–water partition coefficient (Wildman–Crippen LogP) is 1.83. The van der Waals surface area contributed by atoms with Crippen LogP contribution in [-0.4, -0.2) is 43.2 Å². The van der Waals surface area contributed by atoms with E-state index in [-0.39, 0.29) is 11.8 Å². The van der Waals surface area contributed by atoms with Crippen LogP contribution < -0.4 is 11.1 Å². The van der Waals surface area contributed by atoms with Crippen LogP contribution in [0.25, 0.3) is 0 Å². The average Bonchev–Trinajstić information content (AvgIpc) is 2.56. The van der Waals surface area contributed by atoms with E-state index in [1.165, 1.54) is 5.56 Å². The van der Waals surface area contributed by atoms with Crippen molar-refractivity contribution >= 4 is 11.6 Å². The molecule has 1 aliphatic rings. The van der Waals surface area contributed by atoms with E-state index in [1.807, 2.05) is 26.0 Å². The van der Waals surface area contributed by atoms with E-state index in [1.54, 1.807) is 0 Å². The summed E-state index contributed by atoms with van der Waals surface area (Å²) in [5, 5.41) is 2.89. The summed E-state index contributed by atoms with van der Waals surface area (Å²) in [5.41, 5.74) is 7.98. The molecule has 0 spiro atoms. The molecule has 2 unspecified atom stereocenters. The molecule has 1 fully saturated rings. The fourth-order valence-electron chi connectivity index (χ4n) is 2.45. The molecular weight excluding hydrogens is 278 g/mol. The Morgan fingerprint density at radius 2 is 1.95 bits per heavy atom. The Balaban J connectivity index is 1.87. The molecule has 1 amide bonds. The van der Waals surface area contributed by atoms with E-state index >= 15 is 0 Å². The molecule has 5 nitrogen and oxygen atoms in total. The van der Waals surface area contributed by atoms with Gasteiger partial charge in [-0.15, -0.1) is 0 Å². The maximum atomic E-state index is 12.1. The van der Waals surface area contributed by atoms with Gasteiger partial charge in [-0.25, -0.2) is 0 Å². The highest BCUT2D eigenvalue weighted by atomic mass is 16.5. The molecule has 1 heterocycles. The minimum atomic E-state index is -0.460. The number of benzene rings is 1. The Morgan fingerprint density at radius 1 is 1.32 bits per heavy atom. The molecule has 1 aliphatic heterocycles. The van der Waals surface area contributed by atoms with Crippen molar-refractivity contribution in [2.45, 2.75) is 32.9 Å². The molecule has 0 aliphatic carbocycles. The largest absolute Gasteiger partial charge is 0.379 e. The highest BCUT2D eigenvalue weighted by molar-refractivity contribution is 5.94. The third kappa shape index (κ3) is 4.80. The minimum Gasteiger partial charge on any atom is -0.379 e. The van der Waals surface area contributed by atoms with Crippen LogP contribution in [-0.2, 0) is 16.1 Å². The summed E-state index contributed by atoms with van der Waals surface area (Å²) in [6.07, 6.45) is 0.896. The second-order valence-electron chi connectivity index (χ2n) is 5.99. The first-order valence-corrected chi connectivity index (χ1v) is 8.05. The third-order valence-electron chi connectivity index (χ3n) is 4.29. The van der Waals surface area contributed by atoms with Crippen molar-refractivity contribution in [3.05, 3.63) is 29.8 Å². The van der Waals surface area contributed by atoms with Crippen LogP contribution in [0.3, 0.4) is 0 Å². The summed E-state index contributed by atoms with van der Waals surface area (Å²) in [6.45, 7) is 8.52. The lowest BCUT2D eigenvalue weighted by molar-refractivity contribution is -0.118. The van der Waals surface area contributed by atoms with Crippen LogP contribution in [0.1, 0.15) is 25.8 Å². The summed E-state index contributed by atoms with van der Waals surface area (Å²) in [6, 6.07) is 7.53. The number of rotatable bonds is 6. The zero-order chi connectivity index (χ0) is 15.9. The molecule has 0 saturated carbocycles. The Bertz CT molecular complexity index is 469. The van der Waals surface area contributed by atoms with Crippen molar-refractivity contribution in [3.8, 4) is 0 Å². The molecule has 0 radical (unpaired) electrons. The monoisotopic (exact) mass is 305 g/mol. The zero-order valence-corrected chi connectivity index (χ0v) is 13.5. The molecule has 1 aromatic rings. The quantitative estimate of drug-likeness (QED) is 0.841. The normalized spacial score (nSPS) is 18.7. The van der Waals surface area contributed by atoms with Gasteiger partial charge in [0, 0.05) is 25.3 Å². The lowest BCUT2D eigenvalue weighted by Crippen LogP contribution is -2.40. The molecule has 1 saturated heterocycles. The van der Waals surface area contributed by atoms with Crippen molar-refractivity contribution in [1.29, 1.82) is 0 Å². The third-order valence-corrected chi connectivity index (χ3v) is 4.29. The lowest BCUT2D eigenvalue weighted by atomic mass is 9.99. The van der Waals surface area contributed by atoms with Crippen molar-refractivity contribution in [2.24, 2.45) is 11.7 Å². The Hall–Kier alpha value is -1.43. The van der Waals surface area contributed by atoms with Gasteiger partial charge in [0.05, 0.1) is 19.3 Å². The van der Waals surface area contributed by atoms with Gasteiger partial charge in [0.1, 0.15) is 0 Å². The van der Waals surface area contributed by atoms with E-state index in [2.05, 4.69) is 22.3 Å². The zero-order valence-electron chi connectivity index (χ0n) is 13.5. The number of carbonyl (C=O) groups is 1. The molecule has 1 aromatic carbocycles. The average molecular weight is 305 g/mol. The van der Waals surface area contributed by atoms with Crippen molar-refractivity contribution in [1.82, 2.24) is 4.90 Å². The van der Waals surface area contributed by atoms with Crippen LogP contribution in [0, 0.1) is 5.92 Å². The molecule has 22 heavy (non-hydrogen) atoms. The highest BCUT2D eigenvalue weighted by Gasteiger charge is 2.19. The molecule has 2 atom stereocenters. The molecule has 3 N–H and O–H groups in total. The lowest BCUT2D eigenvalue weighted by Gasteiger charge is -2.26.